The molecule has 1 rings (SSSR count). The Bertz CT molecular complexity index is 553. The van der Waals surface area contributed by atoms with E-state index in [1.807, 2.05) is 24.3 Å². The highest BCUT2D eigenvalue weighted by Gasteiger charge is 2.09. The molecule has 0 saturated heterocycles. The molecule has 6 heteroatoms. The molecule has 0 fully saturated rings. The number of halogens is 1. The Labute approximate surface area is 169 Å². The van der Waals surface area contributed by atoms with E-state index in [1.165, 1.54) is 6.42 Å². The molecule has 25 heavy (non-hydrogen) atoms. The van der Waals surface area contributed by atoms with Crippen LogP contribution in [0, 0.1) is 5.41 Å². The van der Waals surface area contributed by atoms with Crippen molar-refractivity contribution in [3.8, 4) is 0 Å². The van der Waals surface area contributed by atoms with Crippen LogP contribution in [0.3, 0.4) is 0 Å². The lowest BCUT2D eigenvalue weighted by Crippen LogP contribution is -2.38. The summed E-state index contributed by atoms with van der Waals surface area (Å²) in [6, 6.07) is 7.71. The molecule has 0 aromatic heterocycles. The Hall–Kier alpha value is -1.31. The van der Waals surface area contributed by atoms with Crippen molar-refractivity contribution in [3.63, 3.8) is 0 Å². The Morgan fingerprint density at radius 3 is 2.44 bits per heavy atom. The van der Waals surface area contributed by atoms with Crippen molar-refractivity contribution in [2.45, 2.75) is 40.0 Å². The monoisotopic (exact) mass is 460 g/mol. The zero-order chi connectivity index (χ0) is 18.0. The zero-order valence-electron chi connectivity index (χ0n) is 16.1. The van der Waals surface area contributed by atoms with E-state index in [0.717, 1.165) is 37.5 Å². The van der Waals surface area contributed by atoms with Gasteiger partial charge in [0.2, 0.25) is 0 Å². The number of nitrogens with one attached hydrogen (secondary N) is 3. The Morgan fingerprint density at radius 1 is 1.16 bits per heavy atom. The molecule has 0 heterocycles. The van der Waals surface area contributed by atoms with Crippen LogP contribution in [0.25, 0.3) is 0 Å². The number of guanidine groups is 1. The first-order chi connectivity index (χ1) is 11.4. The van der Waals surface area contributed by atoms with Crippen LogP contribution in [0.4, 0.5) is 0 Å². The quantitative estimate of drug-likeness (QED) is 0.254. The van der Waals surface area contributed by atoms with Crippen LogP contribution < -0.4 is 16.0 Å². The van der Waals surface area contributed by atoms with Crippen molar-refractivity contribution in [3.05, 3.63) is 35.4 Å². The van der Waals surface area contributed by atoms with Crippen molar-refractivity contribution < 1.29 is 4.79 Å². The van der Waals surface area contributed by atoms with Crippen molar-refractivity contribution in [2.75, 3.05) is 27.2 Å². The van der Waals surface area contributed by atoms with Crippen LogP contribution >= 0.6 is 24.0 Å². The van der Waals surface area contributed by atoms with Gasteiger partial charge in [-0.2, -0.15) is 0 Å². The highest BCUT2D eigenvalue weighted by molar-refractivity contribution is 14.0. The molecule has 0 aliphatic carbocycles. The fourth-order valence-corrected chi connectivity index (χ4v) is 2.38. The third-order valence-electron chi connectivity index (χ3n) is 3.74. The number of carbonyl (C=O) groups excluding carboxylic acids is 1. The minimum Gasteiger partial charge on any atom is -0.356 e. The SMILES string of the molecule is CN=C(NCCCC(C)(C)C)NCCc1cccc(C(=O)NC)c1.I. The van der Waals surface area contributed by atoms with Gasteiger partial charge in [-0.3, -0.25) is 9.79 Å². The molecule has 0 spiro atoms. The van der Waals surface area contributed by atoms with Crippen molar-refractivity contribution >= 4 is 35.8 Å². The molecule has 1 amide bonds. The summed E-state index contributed by atoms with van der Waals surface area (Å²) >= 11 is 0. The van der Waals surface area contributed by atoms with Gasteiger partial charge < -0.3 is 16.0 Å². The van der Waals surface area contributed by atoms with E-state index >= 15 is 0 Å². The molecular weight excluding hydrogens is 427 g/mol. The summed E-state index contributed by atoms with van der Waals surface area (Å²) in [6.45, 7) is 8.46. The number of amides is 1. The van der Waals surface area contributed by atoms with Crippen molar-refractivity contribution in [1.29, 1.82) is 0 Å². The van der Waals surface area contributed by atoms with E-state index in [9.17, 15) is 4.79 Å². The third kappa shape index (κ3) is 10.3. The van der Waals surface area contributed by atoms with Gasteiger partial charge in [0.15, 0.2) is 5.96 Å². The fraction of sp³-hybridized carbons (Fsp3) is 0.579. The van der Waals surface area contributed by atoms with Gasteiger partial charge in [-0.05, 0) is 42.4 Å². The van der Waals surface area contributed by atoms with E-state index in [2.05, 4.69) is 41.7 Å². The molecule has 3 N–H and O–H groups in total. The molecule has 0 radical (unpaired) electrons. The number of hydrogen-bond donors (Lipinski definition) is 3. The Kier molecular flexibility index (Phi) is 11.5. The van der Waals surface area contributed by atoms with Crippen LogP contribution in [0.1, 0.15) is 49.5 Å². The standard InChI is InChI=1S/C19H32N4O.HI/c1-19(2,3)11-7-12-22-18(21-5)23-13-10-15-8-6-9-16(14-15)17(24)20-4;/h6,8-9,14H,7,10-13H2,1-5H3,(H,20,24)(H2,21,22,23);1H. The Balaban J connectivity index is 0.00000576. The van der Waals surface area contributed by atoms with Gasteiger partial charge in [-0.15, -0.1) is 24.0 Å². The minimum atomic E-state index is -0.0545. The average molecular weight is 460 g/mol. The molecule has 1 aromatic rings. The van der Waals surface area contributed by atoms with Crippen LogP contribution in [-0.4, -0.2) is 39.1 Å². The maximum Gasteiger partial charge on any atom is 0.251 e. The zero-order valence-corrected chi connectivity index (χ0v) is 18.4. The predicted octanol–water partition coefficient (Wildman–Crippen LogP) is 3.20. The summed E-state index contributed by atoms with van der Waals surface area (Å²) in [5.74, 6) is 0.771. The first-order valence-corrected chi connectivity index (χ1v) is 8.61. The first kappa shape index (κ1) is 23.7. The summed E-state index contributed by atoms with van der Waals surface area (Å²) < 4.78 is 0. The summed E-state index contributed by atoms with van der Waals surface area (Å²) in [7, 11) is 3.43. The van der Waals surface area contributed by atoms with Gasteiger partial charge in [0.25, 0.3) is 5.91 Å². The maximum atomic E-state index is 11.7. The molecule has 0 saturated carbocycles. The summed E-state index contributed by atoms with van der Waals surface area (Å²) in [5, 5.41) is 9.31. The lowest BCUT2D eigenvalue weighted by Gasteiger charge is -2.18. The molecule has 0 bridgehead atoms. The molecule has 0 aliphatic heterocycles. The lowest BCUT2D eigenvalue weighted by molar-refractivity contribution is 0.0963. The topological polar surface area (TPSA) is 65.5 Å². The molecule has 0 aliphatic rings. The van der Waals surface area contributed by atoms with E-state index in [0.29, 0.717) is 11.0 Å². The van der Waals surface area contributed by atoms with Crippen molar-refractivity contribution in [2.24, 2.45) is 10.4 Å². The molecule has 5 nitrogen and oxygen atoms in total. The number of nitrogens with zero attached hydrogens (tertiary/aromatic N) is 1. The third-order valence-corrected chi connectivity index (χ3v) is 3.74. The largest absolute Gasteiger partial charge is 0.356 e. The second-order valence-electron chi connectivity index (χ2n) is 7.12. The number of carbonyl (C=O) groups is 1. The van der Waals surface area contributed by atoms with Gasteiger partial charge in [0.05, 0.1) is 0 Å². The van der Waals surface area contributed by atoms with E-state index in [4.69, 9.17) is 0 Å². The normalized spacial score (nSPS) is 11.5. The second kappa shape index (κ2) is 12.1. The molecule has 1 aromatic carbocycles. The number of hydrogen-bond acceptors (Lipinski definition) is 2. The van der Waals surface area contributed by atoms with Crippen LogP contribution in [0.2, 0.25) is 0 Å². The van der Waals surface area contributed by atoms with E-state index < -0.39 is 0 Å². The molecular formula is C19H33IN4O. The summed E-state index contributed by atoms with van der Waals surface area (Å²) in [6.07, 6.45) is 3.15. The molecule has 0 atom stereocenters. The predicted molar refractivity (Wildman–Crippen MR) is 117 cm³/mol. The van der Waals surface area contributed by atoms with Gasteiger partial charge in [-0.1, -0.05) is 32.9 Å². The number of rotatable bonds is 7. The van der Waals surface area contributed by atoms with E-state index in [1.54, 1.807) is 14.1 Å². The van der Waals surface area contributed by atoms with Crippen LogP contribution in [0.5, 0.6) is 0 Å². The number of aliphatic imine (C=N–C) groups is 1. The molecule has 0 unspecified atom stereocenters. The Morgan fingerprint density at radius 2 is 1.84 bits per heavy atom. The van der Waals surface area contributed by atoms with Crippen molar-refractivity contribution in [1.82, 2.24) is 16.0 Å². The highest BCUT2D eigenvalue weighted by atomic mass is 127. The maximum absolute atomic E-state index is 11.7. The van der Waals surface area contributed by atoms with Gasteiger partial charge in [-0.25, -0.2) is 0 Å². The summed E-state index contributed by atoms with van der Waals surface area (Å²) in [4.78, 5) is 15.9. The van der Waals surface area contributed by atoms with Gasteiger partial charge in [0.1, 0.15) is 0 Å². The highest BCUT2D eigenvalue weighted by Crippen LogP contribution is 2.19. The smallest absolute Gasteiger partial charge is 0.251 e. The number of benzene rings is 1. The fourth-order valence-electron chi connectivity index (χ4n) is 2.38. The van der Waals surface area contributed by atoms with Crippen LogP contribution in [-0.2, 0) is 6.42 Å². The average Bonchev–Trinajstić information content (AvgIpc) is 2.55. The molecule has 142 valence electrons. The lowest BCUT2D eigenvalue weighted by atomic mass is 9.91. The van der Waals surface area contributed by atoms with Gasteiger partial charge in [0, 0.05) is 32.7 Å². The summed E-state index contributed by atoms with van der Waals surface area (Å²) in [5.41, 5.74) is 2.19. The van der Waals surface area contributed by atoms with Crippen LogP contribution in [0.15, 0.2) is 29.3 Å². The van der Waals surface area contributed by atoms with Gasteiger partial charge >= 0.3 is 0 Å². The second-order valence-corrected chi connectivity index (χ2v) is 7.12. The minimum absolute atomic E-state index is 0. The first-order valence-electron chi connectivity index (χ1n) is 8.61. The van der Waals surface area contributed by atoms with E-state index in [-0.39, 0.29) is 29.9 Å².